The maximum atomic E-state index is 12.1. The quantitative estimate of drug-likeness (QED) is 0.787. The second-order valence-electron chi connectivity index (χ2n) is 5.14. The molecule has 21 heavy (non-hydrogen) atoms. The second kappa shape index (κ2) is 6.92. The number of nitrogens with one attached hydrogen (secondary N) is 1. The van der Waals surface area contributed by atoms with Gasteiger partial charge in [-0.1, -0.05) is 12.7 Å². The molecule has 0 saturated heterocycles. The van der Waals surface area contributed by atoms with E-state index in [4.69, 9.17) is 9.84 Å². The summed E-state index contributed by atoms with van der Waals surface area (Å²) in [7, 11) is 0. The van der Waals surface area contributed by atoms with E-state index in [1.54, 1.807) is 30.3 Å². The first kappa shape index (κ1) is 15.1. The average molecular weight is 289 g/mol. The van der Waals surface area contributed by atoms with Crippen LogP contribution in [0.4, 0.5) is 0 Å². The number of carboxylic acid groups (broad SMARTS) is 1. The van der Waals surface area contributed by atoms with E-state index < -0.39 is 5.97 Å². The molecular weight excluding hydrogens is 270 g/mol. The molecule has 1 aliphatic carbocycles. The molecule has 0 bridgehead atoms. The van der Waals surface area contributed by atoms with Crippen molar-refractivity contribution < 1.29 is 19.4 Å². The molecule has 5 heteroatoms. The van der Waals surface area contributed by atoms with Crippen molar-refractivity contribution in [1.82, 2.24) is 5.32 Å². The largest absolute Gasteiger partial charge is 0.490 e. The molecule has 2 N–H and O–H groups in total. The first-order chi connectivity index (χ1) is 10.1. The van der Waals surface area contributed by atoms with E-state index in [0.717, 1.165) is 0 Å². The first-order valence-electron chi connectivity index (χ1n) is 6.97. The van der Waals surface area contributed by atoms with Crippen molar-refractivity contribution >= 4 is 11.9 Å². The number of carbonyl (C=O) groups is 2. The molecule has 0 aromatic heterocycles. The molecule has 0 unspecified atom stereocenters. The van der Waals surface area contributed by atoms with E-state index in [2.05, 4.69) is 11.9 Å². The molecule has 5 nitrogen and oxygen atoms in total. The number of benzene rings is 1. The van der Waals surface area contributed by atoms with Crippen molar-refractivity contribution in [3.63, 3.8) is 0 Å². The molecule has 112 valence electrons. The number of ether oxygens (including phenoxy) is 1. The van der Waals surface area contributed by atoms with Crippen LogP contribution in [-0.2, 0) is 4.79 Å². The lowest BCUT2D eigenvalue weighted by Gasteiger charge is -2.12. The maximum Gasteiger partial charge on any atom is 0.306 e. The van der Waals surface area contributed by atoms with Gasteiger partial charge in [-0.15, -0.1) is 0 Å². The third-order valence-corrected chi connectivity index (χ3v) is 3.60. The molecular formula is C16H19NO4. The van der Waals surface area contributed by atoms with Gasteiger partial charge in [0.2, 0.25) is 0 Å². The minimum absolute atomic E-state index is 0.0599. The smallest absolute Gasteiger partial charge is 0.306 e. The lowest BCUT2D eigenvalue weighted by molar-refractivity contribution is -0.141. The second-order valence-corrected chi connectivity index (χ2v) is 5.14. The van der Waals surface area contributed by atoms with Crippen LogP contribution in [0.1, 0.15) is 29.6 Å². The average Bonchev–Trinajstić information content (AvgIpc) is 2.94. The normalized spacial score (nSPS) is 20.8. The number of hydrogen-bond acceptors (Lipinski definition) is 3. The van der Waals surface area contributed by atoms with Gasteiger partial charge in [0.1, 0.15) is 12.4 Å². The van der Waals surface area contributed by atoms with E-state index in [1.807, 2.05) is 0 Å². The Bertz CT molecular complexity index is 524. The van der Waals surface area contributed by atoms with Crippen LogP contribution in [-0.4, -0.2) is 29.6 Å². The molecule has 0 radical (unpaired) electrons. The van der Waals surface area contributed by atoms with Crippen LogP contribution < -0.4 is 10.1 Å². The Kier molecular flexibility index (Phi) is 4.98. The van der Waals surface area contributed by atoms with Gasteiger partial charge in [-0.05, 0) is 43.5 Å². The van der Waals surface area contributed by atoms with Crippen molar-refractivity contribution in [2.75, 3.05) is 6.61 Å². The number of carboxylic acids is 1. The van der Waals surface area contributed by atoms with Crippen LogP contribution in [0.25, 0.3) is 0 Å². The topological polar surface area (TPSA) is 75.6 Å². The Morgan fingerprint density at radius 2 is 2.05 bits per heavy atom. The molecule has 2 rings (SSSR count). The summed E-state index contributed by atoms with van der Waals surface area (Å²) in [6.45, 7) is 3.99. The molecule has 1 aromatic rings. The van der Waals surface area contributed by atoms with E-state index in [9.17, 15) is 9.59 Å². The standard InChI is InChI=1S/C16H19NO4/c1-2-9-21-14-7-4-11(5-8-14)15(18)17-13-6-3-12(10-13)16(19)20/h2,4-5,7-8,12-13H,1,3,6,9-10H2,(H,17,18)(H,19,20)/t12-,13+/m0/s1. The van der Waals surface area contributed by atoms with Crippen molar-refractivity contribution in [2.45, 2.75) is 25.3 Å². The minimum atomic E-state index is -0.782. The van der Waals surface area contributed by atoms with Crippen LogP contribution in [0.15, 0.2) is 36.9 Å². The van der Waals surface area contributed by atoms with E-state index in [-0.39, 0.29) is 17.9 Å². The molecule has 2 atom stereocenters. The fourth-order valence-corrected chi connectivity index (χ4v) is 2.46. The maximum absolute atomic E-state index is 12.1. The third-order valence-electron chi connectivity index (χ3n) is 3.60. The predicted molar refractivity (Wildman–Crippen MR) is 78.4 cm³/mol. The summed E-state index contributed by atoms with van der Waals surface area (Å²) < 4.78 is 5.35. The van der Waals surface area contributed by atoms with Crippen LogP contribution in [0.2, 0.25) is 0 Å². The Labute approximate surface area is 123 Å². The zero-order valence-electron chi connectivity index (χ0n) is 11.7. The first-order valence-corrected chi connectivity index (χ1v) is 6.97. The monoisotopic (exact) mass is 289 g/mol. The van der Waals surface area contributed by atoms with Gasteiger partial charge in [-0.2, -0.15) is 0 Å². The highest BCUT2D eigenvalue weighted by Crippen LogP contribution is 2.26. The molecule has 0 aliphatic heterocycles. The lowest BCUT2D eigenvalue weighted by atomic mass is 10.1. The number of aliphatic carboxylic acids is 1. The van der Waals surface area contributed by atoms with E-state index in [0.29, 0.717) is 37.2 Å². The van der Waals surface area contributed by atoms with Crippen molar-refractivity contribution in [3.05, 3.63) is 42.5 Å². The SMILES string of the molecule is C=CCOc1ccc(C(=O)N[C@@H]2CC[C@H](C(=O)O)C2)cc1. The Hall–Kier alpha value is -2.30. The minimum Gasteiger partial charge on any atom is -0.490 e. The van der Waals surface area contributed by atoms with Gasteiger partial charge in [0, 0.05) is 11.6 Å². The van der Waals surface area contributed by atoms with E-state index in [1.165, 1.54) is 0 Å². The number of amides is 1. The molecule has 1 amide bonds. The lowest BCUT2D eigenvalue weighted by Crippen LogP contribution is -2.33. The summed E-state index contributed by atoms with van der Waals surface area (Å²) in [4.78, 5) is 23.0. The van der Waals surface area contributed by atoms with Crippen LogP contribution in [0.3, 0.4) is 0 Å². The van der Waals surface area contributed by atoms with Gasteiger partial charge in [-0.3, -0.25) is 9.59 Å². The van der Waals surface area contributed by atoms with Gasteiger partial charge in [0.05, 0.1) is 5.92 Å². The van der Waals surface area contributed by atoms with Crippen molar-refractivity contribution in [2.24, 2.45) is 5.92 Å². The van der Waals surface area contributed by atoms with Gasteiger partial charge in [0.15, 0.2) is 0 Å². The highest BCUT2D eigenvalue weighted by molar-refractivity contribution is 5.94. The number of carbonyl (C=O) groups excluding carboxylic acids is 1. The van der Waals surface area contributed by atoms with Gasteiger partial charge in [0.25, 0.3) is 5.91 Å². The molecule has 0 heterocycles. The number of hydrogen-bond donors (Lipinski definition) is 2. The van der Waals surface area contributed by atoms with Gasteiger partial charge < -0.3 is 15.2 Å². The summed E-state index contributed by atoms with van der Waals surface area (Å²) in [6, 6.07) is 6.78. The highest BCUT2D eigenvalue weighted by Gasteiger charge is 2.30. The zero-order chi connectivity index (χ0) is 15.2. The third kappa shape index (κ3) is 4.08. The molecule has 1 aliphatic rings. The fourth-order valence-electron chi connectivity index (χ4n) is 2.46. The summed E-state index contributed by atoms with van der Waals surface area (Å²) in [6.07, 6.45) is 3.49. The predicted octanol–water partition coefficient (Wildman–Crippen LogP) is 2.23. The van der Waals surface area contributed by atoms with Crippen LogP contribution >= 0.6 is 0 Å². The Balaban J connectivity index is 1.88. The van der Waals surface area contributed by atoms with Crippen molar-refractivity contribution in [1.29, 1.82) is 0 Å². The summed E-state index contributed by atoms with van der Waals surface area (Å²) in [5.74, 6) is -0.625. The Morgan fingerprint density at radius 1 is 1.33 bits per heavy atom. The van der Waals surface area contributed by atoms with Crippen molar-refractivity contribution in [3.8, 4) is 5.75 Å². The van der Waals surface area contributed by atoms with Crippen LogP contribution in [0.5, 0.6) is 5.75 Å². The fraction of sp³-hybridized carbons (Fsp3) is 0.375. The number of rotatable bonds is 6. The van der Waals surface area contributed by atoms with E-state index >= 15 is 0 Å². The summed E-state index contributed by atoms with van der Waals surface area (Å²) in [5.41, 5.74) is 0.541. The molecule has 0 spiro atoms. The Morgan fingerprint density at radius 3 is 2.62 bits per heavy atom. The summed E-state index contributed by atoms with van der Waals surface area (Å²) in [5, 5.41) is 11.8. The zero-order valence-corrected chi connectivity index (χ0v) is 11.7. The highest BCUT2D eigenvalue weighted by atomic mass is 16.5. The van der Waals surface area contributed by atoms with Gasteiger partial charge in [-0.25, -0.2) is 0 Å². The van der Waals surface area contributed by atoms with Gasteiger partial charge >= 0.3 is 5.97 Å². The molecule has 1 saturated carbocycles. The summed E-state index contributed by atoms with van der Waals surface area (Å²) >= 11 is 0. The van der Waals surface area contributed by atoms with Crippen LogP contribution in [0, 0.1) is 5.92 Å². The molecule has 1 aromatic carbocycles. The molecule has 1 fully saturated rings.